The van der Waals surface area contributed by atoms with Crippen LogP contribution in [-0.2, 0) is 0 Å². The second kappa shape index (κ2) is 9.79. The summed E-state index contributed by atoms with van der Waals surface area (Å²) in [7, 11) is 0. The number of aromatic nitrogens is 1. The third kappa shape index (κ3) is 5.08. The molecule has 1 saturated heterocycles. The van der Waals surface area contributed by atoms with E-state index in [9.17, 15) is 4.79 Å². The molecule has 3 aromatic rings. The number of hydrogen-bond acceptors (Lipinski definition) is 4. The summed E-state index contributed by atoms with van der Waals surface area (Å²) in [6, 6.07) is 15.8. The topological polar surface area (TPSA) is 54.5 Å². The maximum Gasteiger partial charge on any atom is 0.252 e. The van der Waals surface area contributed by atoms with Crippen LogP contribution in [0.25, 0.3) is 22.2 Å². The lowest BCUT2D eigenvalue weighted by atomic mass is 10.0. The lowest BCUT2D eigenvalue weighted by Gasteiger charge is -2.31. The van der Waals surface area contributed by atoms with Gasteiger partial charge in [0, 0.05) is 34.6 Å². The Bertz CT molecular complexity index is 1080. The fourth-order valence-electron chi connectivity index (χ4n) is 4.10. The van der Waals surface area contributed by atoms with Gasteiger partial charge >= 0.3 is 0 Å². The average Bonchev–Trinajstić information content (AvgIpc) is 2.79. The minimum absolute atomic E-state index is 0.0392. The van der Waals surface area contributed by atoms with Gasteiger partial charge in [-0.2, -0.15) is 0 Å². The van der Waals surface area contributed by atoms with Crippen LogP contribution in [-0.4, -0.2) is 48.1 Å². The number of piperidine rings is 1. The Kier molecular flexibility index (Phi) is 6.88. The van der Waals surface area contributed by atoms with Crippen LogP contribution < -0.4 is 10.1 Å². The van der Waals surface area contributed by atoms with Gasteiger partial charge in [-0.3, -0.25) is 4.79 Å². The number of pyridine rings is 1. The number of carbonyl (C=O) groups is 1. The van der Waals surface area contributed by atoms with Gasteiger partial charge in [-0.05, 0) is 62.7 Å². The van der Waals surface area contributed by atoms with Crippen molar-refractivity contribution in [3.05, 3.63) is 58.6 Å². The van der Waals surface area contributed by atoms with Crippen molar-refractivity contribution in [2.45, 2.75) is 32.7 Å². The maximum atomic E-state index is 13.3. The third-order valence-electron chi connectivity index (χ3n) is 5.83. The van der Waals surface area contributed by atoms with E-state index >= 15 is 0 Å². The Morgan fingerprint density at radius 1 is 1.16 bits per heavy atom. The Balaban J connectivity index is 1.69. The van der Waals surface area contributed by atoms with Crippen LogP contribution in [0.3, 0.4) is 0 Å². The maximum absolute atomic E-state index is 13.3. The molecule has 4 rings (SSSR count). The molecule has 0 atom stereocenters. The molecular formula is C25H28BrN3O2. The number of likely N-dealkylation sites (tertiary alicyclic amines) is 1. The summed E-state index contributed by atoms with van der Waals surface area (Å²) in [4.78, 5) is 20.6. The predicted octanol–water partition coefficient (Wildman–Crippen LogP) is 5.28. The molecule has 1 fully saturated rings. The highest BCUT2D eigenvalue weighted by atomic mass is 79.9. The highest BCUT2D eigenvalue weighted by molar-refractivity contribution is 9.10. The fraction of sp³-hybridized carbons (Fsp3) is 0.360. The van der Waals surface area contributed by atoms with Gasteiger partial charge in [0.25, 0.3) is 5.91 Å². The summed E-state index contributed by atoms with van der Waals surface area (Å²) in [5.74, 6) is 0.758. The van der Waals surface area contributed by atoms with Gasteiger partial charge in [0.05, 0.1) is 23.4 Å². The molecule has 0 spiro atoms. The summed E-state index contributed by atoms with van der Waals surface area (Å²) >= 11 is 3.54. The van der Waals surface area contributed by atoms with Gasteiger partial charge in [-0.1, -0.05) is 35.0 Å². The number of rotatable bonds is 6. The molecule has 0 radical (unpaired) electrons. The van der Waals surface area contributed by atoms with Crippen LogP contribution in [0.15, 0.2) is 53.0 Å². The quantitative estimate of drug-likeness (QED) is 0.520. The monoisotopic (exact) mass is 481 g/mol. The van der Waals surface area contributed by atoms with Crippen molar-refractivity contribution in [2.24, 2.45) is 0 Å². The van der Waals surface area contributed by atoms with Gasteiger partial charge in [-0.15, -0.1) is 0 Å². The zero-order valence-electron chi connectivity index (χ0n) is 18.0. The van der Waals surface area contributed by atoms with Gasteiger partial charge in [0.15, 0.2) is 0 Å². The third-order valence-corrected chi connectivity index (χ3v) is 6.32. The van der Waals surface area contributed by atoms with Gasteiger partial charge in [0.1, 0.15) is 5.75 Å². The van der Waals surface area contributed by atoms with Gasteiger partial charge in [-0.25, -0.2) is 4.98 Å². The van der Waals surface area contributed by atoms with Crippen LogP contribution >= 0.6 is 15.9 Å². The van der Waals surface area contributed by atoms with Gasteiger partial charge in [0.2, 0.25) is 0 Å². The molecular weight excluding hydrogens is 454 g/mol. The molecule has 0 bridgehead atoms. The molecule has 2 aromatic carbocycles. The first-order valence-corrected chi connectivity index (χ1v) is 11.7. The Hall–Kier alpha value is -2.44. The number of amides is 1. The molecule has 162 valence electrons. The lowest BCUT2D eigenvalue weighted by molar-refractivity contribution is 0.0914. The number of fused-ring (bicyclic) bond motifs is 1. The van der Waals surface area contributed by atoms with Gasteiger partial charge < -0.3 is 15.0 Å². The van der Waals surface area contributed by atoms with Crippen molar-refractivity contribution < 1.29 is 9.53 Å². The largest absolute Gasteiger partial charge is 0.494 e. The Labute approximate surface area is 191 Å². The standard InChI is InChI=1S/C25H28BrN3O2/c1-3-29-12-10-19(11-13-29)27-25(30)22-16-24(17-6-5-7-20(14-17)31-4-2)28-23-9-8-18(26)15-21(22)23/h5-9,14-16,19H,3-4,10-13H2,1-2H3,(H,27,30). The molecule has 1 aromatic heterocycles. The lowest BCUT2D eigenvalue weighted by Crippen LogP contribution is -2.44. The number of halogens is 1. The SMILES string of the molecule is CCOc1cccc(-c2cc(C(=O)NC3CCN(CC)CC3)c3cc(Br)ccc3n2)c1. The van der Waals surface area contributed by atoms with Crippen molar-refractivity contribution >= 4 is 32.7 Å². The number of nitrogens with one attached hydrogen (secondary N) is 1. The van der Waals surface area contributed by atoms with E-state index in [-0.39, 0.29) is 11.9 Å². The first-order chi connectivity index (χ1) is 15.1. The average molecular weight is 482 g/mol. The second-order valence-corrected chi connectivity index (χ2v) is 8.78. The summed E-state index contributed by atoms with van der Waals surface area (Å²) in [6.07, 6.45) is 1.96. The Morgan fingerprint density at radius 2 is 1.97 bits per heavy atom. The fourth-order valence-corrected chi connectivity index (χ4v) is 4.46. The molecule has 0 unspecified atom stereocenters. The number of carbonyl (C=O) groups excluding carboxylic acids is 1. The molecule has 0 aliphatic carbocycles. The minimum atomic E-state index is -0.0392. The Morgan fingerprint density at radius 3 is 2.71 bits per heavy atom. The van der Waals surface area contributed by atoms with E-state index in [0.717, 1.165) is 64.9 Å². The molecule has 2 heterocycles. The summed E-state index contributed by atoms with van der Waals surface area (Å²) in [6.45, 7) is 7.87. The summed E-state index contributed by atoms with van der Waals surface area (Å²) < 4.78 is 6.58. The molecule has 6 heteroatoms. The molecule has 0 saturated carbocycles. The first-order valence-electron chi connectivity index (χ1n) is 10.9. The molecule has 1 N–H and O–H groups in total. The summed E-state index contributed by atoms with van der Waals surface area (Å²) in [5, 5.41) is 4.12. The van der Waals surface area contributed by atoms with Crippen molar-refractivity contribution in [1.82, 2.24) is 15.2 Å². The zero-order valence-corrected chi connectivity index (χ0v) is 19.6. The van der Waals surface area contributed by atoms with Crippen molar-refractivity contribution in [3.8, 4) is 17.0 Å². The zero-order chi connectivity index (χ0) is 21.8. The van der Waals surface area contributed by atoms with E-state index in [1.807, 2.05) is 55.5 Å². The summed E-state index contributed by atoms with van der Waals surface area (Å²) in [5.41, 5.74) is 3.15. The molecule has 5 nitrogen and oxygen atoms in total. The molecule has 31 heavy (non-hydrogen) atoms. The highest BCUT2D eigenvalue weighted by Crippen LogP contribution is 2.29. The van der Waals surface area contributed by atoms with Crippen molar-refractivity contribution in [3.63, 3.8) is 0 Å². The van der Waals surface area contributed by atoms with E-state index in [4.69, 9.17) is 9.72 Å². The number of nitrogens with zero attached hydrogens (tertiary/aromatic N) is 2. The van der Waals surface area contributed by atoms with Crippen LogP contribution in [0.4, 0.5) is 0 Å². The highest BCUT2D eigenvalue weighted by Gasteiger charge is 2.22. The number of hydrogen-bond donors (Lipinski definition) is 1. The van der Waals surface area contributed by atoms with E-state index < -0.39 is 0 Å². The molecule has 1 aliphatic rings. The smallest absolute Gasteiger partial charge is 0.252 e. The first kappa shape index (κ1) is 21.8. The normalized spacial score (nSPS) is 15.2. The van der Waals surface area contributed by atoms with Crippen molar-refractivity contribution in [1.29, 1.82) is 0 Å². The second-order valence-electron chi connectivity index (χ2n) is 7.86. The van der Waals surface area contributed by atoms with E-state index in [2.05, 4.69) is 33.1 Å². The molecule has 1 aliphatic heterocycles. The van der Waals surface area contributed by atoms with E-state index in [1.165, 1.54) is 0 Å². The number of benzene rings is 2. The van der Waals surface area contributed by atoms with Crippen molar-refractivity contribution in [2.75, 3.05) is 26.2 Å². The van der Waals surface area contributed by atoms with Crippen LogP contribution in [0, 0.1) is 0 Å². The van der Waals surface area contributed by atoms with Crippen LogP contribution in [0.5, 0.6) is 5.75 Å². The van der Waals surface area contributed by atoms with Crippen LogP contribution in [0.1, 0.15) is 37.0 Å². The van der Waals surface area contributed by atoms with E-state index in [1.54, 1.807) is 0 Å². The van der Waals surface area contributed by atoms with Crippen LogP contribution in [0.2, 0.25) is 0 Å². The minimum Gasteiger partial charge on any atom is -0.494 e. The predicted molar refractivity (Wildman–Crippen MR) is 129 cm³/mol. The van der Waals surface area contributed by atoms with E-state index in [0.29, 0.717) is 12.2 Å². The number of ether oxygens (including phenoxy) is 1. The molecule has 1 amide bonds.